The number of nitrogens with one attached hydrogen (secondary N) is 1. The molecule has 1 aromatic rings. The summed E-state index contributed by atoms with van der Waals surface area (Å²) in [6, 6.07) is 4.32. The molecule has 1 amide bonds. The number of rotatable bonds is 5. The summed E-state index contributed by atoms with van der Waals surface area (Å²) in [7, 11) is 1.41. The zero-order chi connectivity index (χ0) is 13.8. The van der Waals surface area contributed by atoms with Gasteiger partial charge in [-0.2, -0.15) is 0 Å². The lowest BCUT2D eigenvalue weighted by Crippen LogP contribution is -2.44. The predicted octanol–water partition coefficient (Wildman–Crippen LogP) is 3.13. The summed E-state index contributed by atoms with van der Waals surface area (Å²) in [4.78, 5) is 12.1. The van der Waals surface area contributed by atoms with E-state index < -0.39 is 17.3 Å². The van der Waals surface area contributed by atoms with Gasteiger partial charge in [-0.3, -0.25) is 4.79 Å². The first kappa shape index (κ1) is 15.0. The van der Waals surface area contributed by atoms with Crippen molar-refractivity contribution in [1.29, 1.82) is 0 Å². The standard InChI is InChI=1S/C13H17BrFNO2/c1-13(2,7-8-14)16-12(17)11-9(15)5-4-6-10(11)18-3/h4-6H,7-8H2,1-3H3,(H,16,17). The Morgan fingerprint density at radius 1 is 1.50 bits per heavy atom. The highest BCUT2D eigenvalue weighted by atomic mass is 79.9. The number of carbonyl (C=O) groups excluding carboxylic acids is 1. The molecule has 0 radical (unpaired) electrons. The number of amides is 1. The number of ether oxygens (including phenoxy) is 1. The summed E-state index contributed by atoms with van der Waals surface area (Å²) >= 11 is 3.32. The van der Waals surface area contributed by atoms with E-state index in [1.54, 1.807) is 6.07 Å². The Hall–Kier alpha value is -1.10. The van der Waals surface area contributed by atoms with Gasteiger partial charge in [0.15, 0.2) is 0 Å². The minimum absolute atomic E-state index is 0.0531. The molecule has 100 valence electrons. The summed E-state index contributed by atoms with van der Waals surface area (Å²) < 4.78 is 18.7. The van der Waals surface area contributed by atoms with Crippen molar-refractivity contribution < 1.29 is 13.9 Å². The van der Waals surface area contributed by atoms with Crippen molar-refractivity contribution in [2.24, 2.45) is 0 Å². The molecule has 0 aliphatic heterocycles. The van der Waals surface area contributed by atoms with Crippen LogP contribution in [0.1, 0.15) is 30.6 Å². The van der Waals surface area contributed by atoms with Gasteiger partial charge >= 0.3 is 0 Å². The van der Waals surface area contributed by atoms with E-state index in [4.69, 9.17) is 4.74 Å². The van der Waals surface area contributed by atoms with Crippen molar-refractivity contribution in [3.63, 3.8) is 0 Å². The number of halogens is 2. The molecule has 0 aromatic heterocycles. The Morgan fingerprint density at radius 2 is 2.17 bits per heavy atom. The van der Waals surface area contributed by atoms with E-state index >= 15 is 0 Å². The van der Waals surface area contributed by atoms with Crippen LogP contribution < -0.4 is 10.1 Å². The van der Waals surface area contributed by atoms with Gasteiger partial charge in [-0.1, -0.05) is 22.0 Å². The van der Waals surface area contributed by atoms with Gasteiger partial charge in [-0.15, -0.1) is 0 Å². The highest BCUT2D eigenvalue weighted by molar-refractivity contribution is 9.09. The van der Waals surface area contributed by atoms with Crippen LogP contribution in [0.5, 0.6) is 5.75 Å². The van der Waals surface area contributed by atoms with Crippen LogP contribution in [0.4, 0.5) is 4.39 Å². The highest BCUT2D eigenvalue weighted by Gasteiger charge is 2.24. The molecular weight excluding hydrogens is 301 g/mol. The molecule has 0 aliphatic carbocycles. The minimum atomic E-state index is -0.582. The lowest BCUT2D eigenvalue weighted by molar-refractivity contribution is 0.0904. The molecular formula is C13H17BrFNO2. The maximum absolute atomic E-state index is 13.7. The second kappa shape index (κ2) is 6.18. The lowest BCUT2D eigenvalue weighted by atomic mass is 10.0. The largest absolute Gasteiger partial charge is 0.496 e. The number of alkyl halides is 1. The molecule has 0 saturated heterocycles. The van der Waals surface area contributed by atoms with Crippen LogP contribution in [0.2, 0.25) is 0 Å². The van der Waals surface area contributed by atoms with Crippen LogP contribution in [-0.4, -0.2) is 23.9 Å². The molecule has 0 atom stereocenters. The number of hydrogen-bond acceptors (Lipinski definition) is 2. The lowest BCUT2D eigenvalue weighted by Gasteiger charge is -2.25. The Bertz CT molecular complexity index is 435. The van der Waals surface area contributed by atoms with Crippen molar-refractivity contribution in [2.75, 3.05) is 12.4 Å². The Balaban J connectivity index is 2.97. The van der Waals surface area contributed by atoms with Gasteiger partial charge in [-0.25, -0.2) is 4.39 Å². The fourth-order valence-corrected chi connectivity index (χ4v) is 2.55. The Morgan fingerprint density at radius 3 is 2.72 bits per heavy atom. The van der Waals surface area contributed by atoms with E-state index in [0.717, 1.165) is 11.8 Å². The van der Waals surface area contributed by atoms with E-state index in [2.05, 4.69) is 21.2 Å². The van der Waals surface area contributed by atoms with Crippen LogP contribution in [0.25, 0.3) is 0 Å². The second-order valence-electron chi connectivity index (χ2n) is 4.59. The van der Waals surface area contributed by atoms with E-state index in [1.165, 1.54) is 19.2 Å². The number of hydrogen-bond donors (Lipinski definition) is 1. The monoisotopic (exact) mass is 317 g/mol. The molecule has 0 unspecified atom stereocenters. The van der Waals surface area contributed by atoms with Gasteiger partial charge in [0.05, 0.1) is 7.11 Å². The molecule has 1 N–H and O–H groups in total. The minimum Gasteiger partial charge on any atom is -0.496 e. The van der Waals surface area contributed by atoms with Crippen LogP contribution in [0.3, 0.4) is 0 Å². The number of carbonyl (C=O) groups is 1. The Labute approximate surface area is 115 Å². The molecule has 0 bridgehead atoms. The summed E-state index contributed by atoms with van der Waals surface area (Å²) in [6.45, 7) is 3.78. The number of benzene rings is 1. The third-order valence-corrected chi connectivity index (χ3v) is 2.99. The molecule has 0 spiro atoms. The third-order valence-electron chi connectivity index (χ3n) is 2.59. The van der Waals surface area contributed by atoms with Gasteiger partial charge in [0, 0.05) is 10.9 Å². The molecule has 1 rings (SSSR count). The topological polar surface area (TPSA) is 38.3 Å². The molecule has 3 nitrogen and oxygen atoms in total. The molecule has 0 fully saturated rings. The molecule has 1 aromatic carbocycles. The highest BCUT2D eigenvalue weighted by Crippen LogP contribution is 2.22. The first-order valence-electron chi connectivity index (χ1n) is 5.62. The quantitative estimate of drug-likeness (QED) is 0.847. The van der Waals surface area contributed by atoms with Crippen molar-refractivity contribution in [2.45, 2.75) is 25.8 Å². The van der Waals surface area contributed by atoms with Crippen LogP contribution in [0, 0.1) is 5.82 Å². The average Bonchev–Trinajstić information content (AvgIpc) is 2.27. The van der Waals surface area contributed by atoms with Crippen molar-refractivity contribution in [3.8, 4) is 5.75 Å². The molecule has 0 aliphatic rings. The number of methoxy groups -OCH3 is 1. The molecule has 0 saturated carbocycles. The van der Waals surface area contributed by atoms with E-state index in [0.29, 0.717) is 0 Å². The smallest absolute Gasteiger partial charge is 0.258 e. The molecule has 18 heavy (non-hydrogen) atoms. The zero-order valence-electron chi connectivity index (χ0n) is 10.7. The van der Waals surface area contributed by atoms with Crippen molar-refractivity contribution in [3.05, 3.63) is 29.6 Å². The maximum atomic E-state index is 13.7. The van der Waals surface area contributed by atoms with Gasteiger partial charge < -0.3 is 10.1 Å². The van der Waals surface area contributed by atoms with Gasteiger partial charge in [0.1, 0.15) is 17.1 Å². The summed E-state index contributed by atoms with van der Waals surface area (Å²) in [5.41, 5.74) is -0.462. The predicted molar refractivity (Wildman–Crippen MR) is 72.9 cm³/mol. The third kappa shape index (κ3) is 3.70. The summed E-state index contributed by atoms with van der Waals surface area (Å²) in [5, 5.41) is 3.56. The first-order valence-corrected chi connectivity index (χ1v) is 6.74. The van der Waals surface area contributed by atoms with Crippen LogP contribution in [-0.2, 0) is 0 Å². The molecule has 5 heteroatoms. The van der Waals surface area contributed by atoms with Crippen LogP contribution >= 0.6 is 15.9 Å². The van der Waals surface area contributed by atoms with E-state index in [-0.39, 0.29) is 11.3 Å². The van der Waals surface area contributed by atoms with E-state index in [1.807, 2.05) is 13.8 Å². The normalized spacial score (nSPS) is 11.2. The first-order chi connectivity index (χ1) is 8.41. The fourth-order valence-electron chi connectivity index (χ4n) is 1.56. The van der Waals surface area contributed by atoms with Crippen LogP contribution in [0.15, 0.2) is 18.2 Å². The van der Waals surface area contributed by atoms with Crippen molar-refractivity contribution >= 4 is 21.8 Å². The fraction of sp³-hybridized carbons (Fsp3) is 0.462. The maximum Gasteiger partial charge on any atom is 0.258 e. The van der Waals surface area contributed by atoms with Crippen molar-refractivity contribution in [1.82, 2.24) is 5.32 Å². The molecule has 0 heterocycles. The summed E-state index contributed by atoms with van der Waals surface area (Å²) in [6.07, 6.45) is 0.746. The second-order valence-corrected chi connectivity index (χ2v) is 5.39. The van der Waals surface area contributed by atoms with E-state index in [9.17, 15) is 9.18 Å². The van der Waals surface area contributed by atoms with Gasteiger partial charge in [0.25, 0.3) is 5.91 Å². The van der Waals surface area contributed by atoms with Gasteiger partial charge in [-0.05, 0) is 32.4 Å². The van der Waals surface area contributed by atoms with Gasteiger partial charge in [0.2, 0.25) is 0 Å². The SMILES string of the molecule is COc1cccc(F)c1C(=O)NC(C)(C)CCBr. The Kier molecular flexibility index (Phi) is 5.14. The average molecular weight is 318 g/mol. The summed E-state index contributed by atoms with van der Waals surface area (Å²) in [5.74, 6) is -0.806. The zero-order valence-corrected chi connectivity index (χ0v) is 12.3.